The Bertz CT molecular complexity index is 518. The molecule has 2 nitrogen and oxygen atoms in total. The molecule has 0 amide bonds. The molecule has 0 bridgehead atoms. The van der Waals surface area contributed by atoms with Crippen LogP contribution in [0.5, 0.6) is 5.75 Å². The highest BCUT2D eigenvalue weighted by atomic mass is 16.5. The van der Waals surface area contributed by atoms with Gasteiger partial charge < -0.3 is 10.1 Å². The first-order valence-corrected chi connectivity index (χ1v) is 8.37. The molecule has 1 unspecified atom stereocenters. The second kappa shape index (κ2) is 5.01. The lowest BCUT2D eigenvalue weighted by atomic mass is 10.0. The van der Waals surface area contributed by atoms with Crippen molar-refractivity contribution in [2.75, 3.05) is 13.2 Å². The van der Waals surface area contributed by atoms with Gasteiger partial charge in [-0.15, -0.1) is 0 Å². The van der Waals surface area contributed by atoms with Crippen molar-refractivity contribution in [2.24, 2.45) is 16.7 Å². The highest BCUT2D eigenvalue weighted by Crippen LogP contribution is 2.68. The maximum Gasteiger partial charge on any atom is 0.122 e. The summed E-state index contributed by atoms with van der Waals surface area (Å²) in [7, 11) is 0. The Kier molecular flexibility index (Phi) is 3.56. The van der Waals surface area contributed by atoms with E-state index in [1.807, 2.05) is 0 Å². The monoisotopic (exact) mass is 287 g/mol. The van der Waals surface area contributed by atoms with Gasteiger partial charge in [0.15, 0.2) is 0 Å². The second-order valence-corrected chi connectivity index (χ2v) is 7.83. The topological polar surface area (TPSA) is 21.3 Å². The summed E-state index contributed by atoms with van der Waals surface area (Å²) in [5.74, 6) is 1.86. The molecule has 116 valence electrons. The largest absolute Gasteiger partial charge is 0.493 e. The minimum atomic E-state index is 0.461. The molecule has 21 heavy (non-hydrogen) atoms. The van der Waals surface area contributed by atoms with Crippen LogP contribution in [-0.2, 0) is 6.42 Å². The average molecular weight is 287 g/mol. The first kappa shape index (κ1) is 14.9. The molecule has 0 saturated heterocycles. The Labute approximate surface area is 129 Å². The van der Waals surface area contributed by atoms with Crippen LogP contribution in [0.25, 0.3) is 0 Å². The Hall–Kier alpha value is -1.02. The summed E-state index contributed by atoms with van der Waals surface area (Å²) >= 11 is 0. The van der Waals surface area contributed by atoms with Gasteiger partial charge in [0.2, 0.25) is 0 Å². The molecule has 1 fully saturated rings. The molecular weight excluding hydrogens is 258 g/mol. The van der Waals surface area contributed by atoms with Gasteiger partial charge in [-0.1, -0.05) is 46.8 Å². The van der Waals surface area contributed by atoms with E-state index in [2.05, 4.69) is 58.1 Å². The summed E-state index contributed by atoms with van der Waals surface area (Å²) < 4.78 is 5.61. The predicted molar refractivity (Wildman–Crippen MR) is 87.7 cm³/mol. The second-order valence-electron chi connectivity index (χ2n) is 7.83. The molecule has 1 heterocycles. The summed E-state index contributed by atoms with van der Waals surface area (Å²) in [5, 5.41) is 3.81. The molecule has 1 atom stereocenters. The van der Waals surface area contributed by atoms with E-state index in [1.54, 1.807) is 0 Å². The number of fused-ring (bicyclic) bond motifs is 1. The molecule has 3 rings (SSSR count). The van der Waals surface area contributed by atoms with Crippen molar-refractivity contribution in [3.8, 4) is 5.75 Å². The van der Waals surface area contributed by atoms with Crippen LogP contribution in [0.4, 0.5) is 0 Å². The van der Waals surface area contributed by atoms with Crippen LogP contribution in [-0.4, -0.2) is 13.2 Å². The van der Waals surface area contributed by atoms with E-state index in [4.69, 9.17) is 4.74 Å². The molecule has 2 heteroatoms. The van der Waals surface area contributed by atoms with Gasteiger partial charge in [0.1, 0.15) is 5.75 Å². The van der Waals surface area contributed by atoms with E-state index in [9.17, 15) is 0 Å². The molecule has 0 spiro atoms. The average Bonchev–Trinajstić information content (AvgIpc) is 2.80. The summed E-state index contributed by atoms with van der Waals surface area (Å²) in [5.41, 5.74) is 3.71. The highest BCUT2D eigenvalue weighted by Gasteiger charge is 2.63. The Morgan fingerprint density at radius 1 is 1.24 bits per heavy atom. The molecule has 0 radical (unpaired) electrons. The molecule has 1 N–H and O–H groups in total. The van der Waals surface area contributed by atoms with E-state index in [1.165, 1.54) is 11.1 Å². The molecule has 1 aliphatic carbocycles. The van der Waals surface area contributed by atoms with Gasteiger partial charge in [0.05, 0.1) is 6.61 Å². The Balaban J connectivity index is 1.66. The van der Waals surface area contributed by atoms with Crippen LogP contribution in [0, 0.1) is 16.7 Å². The first-order chi connectivity index (χ1) is 9.88. The predicted octanol–water partition coefficient (Wildman–Crippen LogP) is 4.34. The zero-order valence-electron chi connectivity index (χ0n) is 14.1. The first-order valence-electron chi connectivity index (χ1n) is 8.37. The third kappa shape index (κ3) is 2.38. The maximum absolute atomic E-state index is 5.61. The summed E-state index contributed by atoms with van der Waals surface area (Å²) in [6.45, 7) is 13.8. The fourth-order valence-electron chi connectivity index (χ4n) is 4.02. The number of hydrogen-bond donors (Lipinski definition) is 1. The van der Waals surface area contributed by atoms with Crippen molar-refractivity contribution >= 4 is 0 Å². The standard InChI is InChI=1S/C19H29NO/c1-6-15(20-12-17-18(2,3)19(17,4)5)13-7-8-16-14(11-13)9-10-21-16/h7-8,11,15,17,20H,6,9-10,12H2,1-5H3. The van der Waals surface area contributed by atoms with Crippen molar-refractivity contribution in [3.63, 3.8) is 0 Å². The SMILES string of the molecule is CCC(NCC1C(C)(C)C1(C)C)c1ccc2c(c1)CCO2. The zero-order chi connectivity index (χ0) is 15.3. The van der Waals surface area contributed by atoms with Gasteiger partial charge in [-0.05, 0) is 46.9 Å². The van der Waals surface area contributed by atoms with Crippen molar-refractivity contribution in [2.45, 2.75) is 53.5 Å². The van der Waals surface area contributed by atoms with Crippen LogP contribution in [0.1, 0.15) is 58.2 Å². The summed E-state index contributed by atoms with van der Waals surface area (Å²) in [4.78, 5) is 0. The minimum Gasteiger partial charge on any atom is -0.493 e. The Morgan fingerprint density at radius 2 is 1.95 bits per heavy atom. The van der Waals surface area contributed by atoms with Crippen molar-refractivity contribution in [1.29, 1.82) is 0 Å². The third-order valence-electron chi connectivity index (χ3n) is 6.41. The zero-order valence-corrected chi connectivity index (χ0v) is 14.1. The van der Waals surface area contributed by atoms with Gasteiger partial charge in [0, 0.05) is 12.5 Å². The van der Waals surface area contributed by atoms with Gasteiger partial charge in [-0.2, -0.15) is 0 Å². The molecule has 1 saturated carbocycles. The fraction of sp³-hybridized carbons (Fsp3) is 0.684. The van der Waals surface area contributed by atoms with Gasteiger partial charge in [-0.25, -0.2) is 0 Å². The molecule has 2 aliphatic rings. The number of ether oxygens (including phenoxy) is 1. The number of nitrogens with one attached hydrogen (secondary N) is 1. The molecule has 1 aliphatic heterocycles. The van der Waals surface area contributed by atoms with Crippen molar-refractivity contribution in [3.05, 3.63) is 29.3 Å². The van der Waals surface area contributed by atoms with E-state index >= 15 is 0 Å². The van der Waals surface area contributed by atoms with Crippen molar-refractivity contribution in [1.82, 2.24) is 5.32 Å². The van der Waals surface area contributed by atoms with Crippen LogP contribution < -0.4 is 10.1 Å². The van der Waals surface area contributed by atoms with Crippen LogP contribution in [0.3, 0.4) is 0 Å². The third-order valence-corrected chi connectivity index (χ3v) is 6.41. The van der Waals surface area contributed by atoms with Gasteiger partial charge in [0.25, 0.3) is 0 Å². The molecule has 1 aromatic carbocycles. The van der Waals surface area contributed by atoms with Gasteiger partial charge in [-0.3, -0.25) is 0 Å². The molecular formula is C19H29NO. The molecule has 0 aromatic heterocycles. The van der Waals surface area contributed by atoms with E-state index in [0.717, 1.165) is 37.7 Å². The lowest BCUT2D eigenvalue weighted by molar-refractivity contribution is 0.356. The van der Waals surface area contributed by atoms with Crippen molar-refractivity contribution < 1.29 is 4.74 Å². The van der Waals surface area contributed by atoms with E-state index < -0.39 is 0 Å². The summed E-state index contributed by atoms with van der Waals surface area (Å²) in [6.07, 6.45) is 2.19. The smallest absolute Gasteiger partial charge is 0.122 e. The van der Waals surface area contributed by atoms with E-state index in [0.29, 0.717) is 16.9 Å². The minimum absolute atomic E-state index is 0.461. The maximum atomic E-state index is 5.61. The number of benzene rings is 1. The van der Waals surface area contributed by atoms with Crippen LogP contribution in [0.2, 0.25) is 0 Å². The number of hydrogen-bond acceptors (Lipinski definition) is 2. The van der Waals surface area contributed by atoms with Crippen LogP contribution >= 0.6 is 0 Å². The highest BCUT2D eigenvalue weighted by molar-refractivity contribution is 5.40. The Morgan fingerprint density at radius 3 is 2.57 bits per heavy atom. The number of rotatable bonds is 5. The fourth-order valence-corrected chi connectivity index (χ4v) is 4.02. The summed E-state index contributed by atoms with van der Waals surface area (Å²) in [6, 6.07) is 7.18. The van der Waals surface area contributed by atoms with Crippen LogP contribution in [0.15, 0.2) is 18.2 Å². The lowest BCUT2D eigenvalue weighted by Gasteiger charge is -2.19. The quantitative estimate of drug-likeness (QED) is 0.869. The lowest BCUT2D eigenvalue weighted by Crippen LogP contribution is -2.24. The molecule has 1 aromatic rings. The van der Waals surface area contributed by atoms with Gasteiger partial charge >= 0.3 is 0 Å². The normalized spacial score (nSPS) is 23.5. The van der Waals surface area contributed by atoms with E-state index in [-0.39, 0.29) is 0 Å².